The van der Waals surface area contributed by atoms with E-state index in [2.05, 4.69) is 23.5 Å². The van der Waals surface area contributed by atoms with Crippen molar-refractivity contribution in [2.24, 2.45) is 0 Å². The SMILES string of the molecule is CCNCc1cnn(CCC2CCCO2)c1. The average molecular weight is 223 g/mol. The van der Waals surface area contributed by atoms with Gasteiger partial charge in [-0.1, -0.05) is 6.92 Å². The maximum Gasteiger partial charge on any atom is 0.0593 e. The molecule has 2 heterocycles. The van der Waals surface area contributed by atoms with Crippen LogP contribution in [0.25, 0.3) is 0 Å². The van der Waals surface area contributed by atoms with Crippen LogP contribution in [0, 0.1) is 0 Å². The highest BCUT2D eigenvalue weighted by molar-refractivity contribution is 5.03. The Hall–Kier alpha value is -0.870. The third-order valence-corrected chi connectivity index (χ3v) is 2.97. The first kappa shape index (κ1) is 11.6. The van der Waals surface area contributed by atoms with Gasteiger partial charge in [0.15, 0.2) is 0 Å². The largest absolute Gasteiger partial charge is 0.378 e. The van der Waals surface area contributed by atoms with Crippen LogP contribution in [-0.4, -0.2) is 29.0 Å². The summed E-state index contributed by atoms with van der Waals surface area (Å²) in [6, 6.07) is 0. The molecule has 1 atom stereocenters. The average Bonchev–Trinajstić information content (AvgIpc) is 2.95. The first-order valence-electron chi connectivity index (χ1n) is 6.22. The molecule has 1 unspecified atom stereocenters. The van der Waals surface area contributed by atoms with Crippen LogP contribution in [0.2, 0.25) is 0 Å². The molecule has 1 aromatic heterocycles. The molecular weight excluding hydrogens is 202 g/mol. The quantitative estimate of drug-likeness (QED) is 0.795. The van der Waals surface area contributed by atoms with E-state index in [4.69, 9.17) is 4.74 Å². The molecule has 90 valence electrons. The second kappa shape index (κ2) is 6.01. The highest BCUT2D eigenvalue weighted by Crippen LogP contribution is 2.15. The van der Waals surface area contributed by atoms with E-state index in [0.29, 0.717) is 6.10 Å². The minimum atomic E-state index is 0.460. The van der Waals surface area contributed by atoms with E-state index >= 15 is 0 Å². The van der Waals surface area contributed by atoms with Crippen molar-refractivity contribution in [2.75, 3.05) is 13.2 Å². The Kier molecular flexibility index (Phi) is 4.36. The summed E-state index contributed by atoms with van der Waals surface area (Å²) in [6.07, 6.45) is 8.04. The first-order valence-corrected chi connectivity index (χ1v) is 6.22. The second-order valence-electron chi connectivity index (χ2n) is 4.32. The van der Waals surface area contributed by atoms with Crippen molar-refractivity contribution in [3.8, 4) is 0 Å². The summed E-state index contributed by atoms with van der Waals surface area (Å²) in [5.41, 5.74) is 1.26. The van der Waals surface area contributed by atoms with Gasteiger partial charge < -0.3 is 10.1 Å². The van der Waals surface area contributed by atoms with Gasteiger partial charge in [-0.05, 0) is 25.8 Å². The van der Waals surface area contributed by atoms with Crippen LogP contribution in [0.15, 0.2) is 12.4 Å². The maximum atomic E-state index is 5.59. The number of hydrogen-bond donors (Lipinski definition) is 1. The Bertz CT molecular complexity index is 305. The van der Waals surface area contributed by atoms with Gasteiger partial charge in [-0.2, -0.15) is 5.10 Å². The van der Waals surface area contributed by atoms with Crippen molar-refractivity contribution in [3.05, 3.63) is 18.0 Å². The van der Waals surface area contributed by atoms with Gasteiger partial charge in [-0.15, -0.1) is 0 Å². The lowest BCUT2D eigenvalue weighted by Crippen LogP contribution is -2.11. The number of nitrogens with zero attached hydrogens (tertiary/aromatic N) is 2. The molecule has 0 aromatic carbocycles. The van der Waals surface area contributed by atoms with Crippen molar-refractivity contribution in [2.45, 2.75) is 45.4 Å². The van der Waals surface area contributed by atoms with Gasteiger partial charge in [0.2, 0.25) is 0 Å². The molecule has 1 fully saturated rings. The van der Waals surface area contributed by atoms with E-state index in [0.717, 1.165) is 32.7 Å². The molecule has 2 rings (SSSR count). The molecule has 1 aliphatic rings. The molecule has 1 saturated heterocycles. The van der Waals surface area contributed by atoms with E-state index in [-0.39, 0.29) is 0 Å². The Morgan fingerprint density at radius 3 is 3.31 bits per heavy atom. The van der Waals surface area contributed by atoms with Crippen molar-refractivity contribution in [3.63, 3.8) is 0 Å². The predicted molar refractivity (Wildman–Crippen MR) is 63.2 cm³/mol. The topological polar surface area (TPSA) is 39.1 Å². The van der Waals surface area contributed by atoms with Crippen LogP contribution in [0.4, 0.5) is 0 Å². The van der Waals surface area contributed by atoms with E-state index in [9.17, 15) is 0 Å². The Balaban J connectivity index is 1.73. The monoisotopic (exact) mass is 223 g/mol. The van der Waals surface area contributed by atoms with Crippen LogP contribution in [-0.2, 0) is 17.8 Å². The summed E-state index contributed by atoms with van der Waals surface area (Å²) in [5, 5.41) is 7.65. The van der Waals surface area contributed by atoms with Crippen LogP contribution < -0.4 is 5.32 Å². The normalized spacial score (nSPS) is 20.4. The second-order valence-corrected chi connectivity index (χ2v) is 4.32. The molecule has 0 amide bonds. The van der Waals surface area contributed by atoms with Gasteiger partial charge in [-0.25, -0.2) is 0 Å². The molecule has 0 spiro atoms. The molecular formula is C12H21N3O. The number of aryl methyl sites for hydroxylation is 1. The molecule has 4 heteroatoms. The number of aromatic nitrogens is 2. The van der Waals surface area contributed by atoms with E-state index < -0.39 is 0 Å². The Morgan fingerprint density at radius 2 is 2.56 bits per heavy atom. The highest BCUT2D eigenvalue weighted by atomic mass is 16.5. The van der Waals surface area contributed by atoms with Gasteiger partial charge in [0, 0.05) is 31.5 Å². The third-order valence-electron chi connectivity index (χ3n) is 2.97. The number of nitrogens with one attached hydrogen (secondary N) is 1. The molecule has 0 radical (unpaired) electrons. The maximum absolute atomic E-state index is 5.59. The number of rotatable bonds is 6. The molecule has 0 saturated carbocycles. The van der Waals surface area contributed by atoms with E-state index in [1.807, 2.05) is 10.9 Å². The van der Waals surface area contributed by atoms with Crippen molar-refractivity contribution in [1.82, 2.24) is 15.1 Å². The number of hydrogen-bond acceptors (Lipinski definition) is 3. The van der Waals surface area contributed by atoms with Crippen LogP contribution in [0.1, 0.15) is 31.7 Å². The van der Waals surface area contributed by atoms with Gasteiger partial charge in [0.25, 0.3) is 0 Å². The summed E-state index contributed by atoms with van der Waals surface area (Å²) in [7, 11) is 0. The molecule has 0 aliphatic carbocycles. The molecule has 16 heavy (non-hydrogen) atoms. The van der Waals surface area contributed by atoms with E-state index in [1.54, 1.807) is 0 Å². The summed E-state index contributed by atoms with van der Waals surface area (Å²) in [4.78, 5) is 0. The summed E-state index contributed by atoms with van der Waals surface area (Å²) >= 11 is 0. The van der Waals surface area contributed by atoms with Crippen molar-refractivity contribution < 1.29 is 4.74 Å². The third kappa shape index (κ3) is 3.32. The van der Waals surface area contributed by atoms with Crippen LogP contribution >= 0.6 is 0 Å². The fraction of sp³-hybridized carbons (Fsp3) is 0.750. The zero-order valence-electron chi connectivity index (χ0n) is 9.98. The van der Waals surface area contributed by atoms with Crippen molar-refractivity contribution >= 4 is 0 Å². The van der Waals surface area contributed by atoms with E-state index in [1.165, 1.54) is 18.4 Å². The summed E-state index contributed by atoms with van der Waals surface area (Å²) in [5.74, 6) is 0. The molecule has 1 N–H and O–H groups in total. The molecule has 1 aliphatic heterocycles. The Morgan fingerprint density at radius 1 is 1.62 bits per heavy atom. The standard InChI is InChI=1S/C12H21N3O/c1-2-13-8-11-9-14-15(10-11)6-5-12-4-3-7-16-12/h9-10,12-13H,2-8H2,1H3. The minimum absolute atomic E-state index is 0.460. The summed E-state index contributed by atoms with van der Waals surface area (Å²) in [6.45, 7) is 5.94. The Labute approximate surface area is 97.0 Å². The van der Waals surface area contributed by atoms with Crippen molar-refractivity contribution in [1.29, 1.82) is 0 Å². The van der Waals surface area contributed by atoms with Crippen LogP contribution in [0.5, 0.6) is 0 Å². The first-order chi connectivity index (χ1) is 7.88. The predicted octanol–water partition coefficient (Wildman–Crippen LogP) is 1.56. The molecule has 0 bridgehead atoms. The van der Waals surface area contributed by atoms with Gasteiger partial charge in [0.1, 0.15) is 0 Å². The molecule has 1 aromatic rings. The fourth-order valence-electron chi connectivity index (χ4n) is 2.04. The number of ether oxygens (including phenoxy) is 1. The minimum Gasteiger partial charge on any atom is -0.378 e. The van der Waals surface area contributed by atoms with Crippen LogP contribution in [0.3, 0.4) is 0 Å². The van der Waals surface area contributed by atoms with Gasteiger partial charge in [-0.3, -0.25) is 4.68 Å². The zero-order valence-corrected chi connectivity index (χ0v) is 9.98. The van der Waals surface area contributed by atoms with Gasteiger partial charge >= 0.3 is 0 Å². The highest BCUT2D eigenvalue weighted by Gasteiger charge is 2.15. The fourth-order valence-corrected chi connectivity index (χ4v) is 2.04. The lowest BCUT2D eigenvalue weighted by atomic mass is 10.2. The smallest absolute Gasteiger partial charge is 0.0593 e. The zero-order chi connectivity index (χ0) is 11.2. The van der Waals surface area contributed by atoms with Gasteiger partial charge in [0.05, 0.1) is 12.3 Å². The molecule has 4 nitrogen and oxygen atoms in total. The lowest BCUT2D eigenvalue weighted by molar-refractivity contribution is 0.0994. The lowest BCUT2D eigenvalue weighted by Gasteiger charge is -2.08. The summed E-state index contributed by atoms with van der Waals surface area (Å²) < 4.78 is 7.62.